The Hall–Kier alpha value is -1.49. The minimum absolute atomic E-state index is 0.308. The highest BCUT2D eigenvalue weighted by Crippen LogP contribution is 2.12. The van der Waals surface area contributed by atoms with E-state index >= 15 is 0 Å². The summed E-state index contributed by atoms with van der Waals surface area (Å²) in [6.45, 7) is 0.923. The van der Waals surface area contributed by atoms with Gasteiger partial charge in [0.25, 0.3) is 0 Å². The Balaban J connectivity index is 2.37. The van der Waals surface area contributed by atoms with Gasteiger partial charge in [0.15, 0.2) is 0 Å². The smallest absolute Gasteiger partial charge is 0.433 e. The molecule has 0 fully saturated rings. The lowest BCUT2D eigenvalue weighted by Crippen LogP contribution is -2.19. The molecule has 0 saturated heterocycles. The van der Waals surface area contributed by atoms with Crippen molar-refractivity contribution in [3.63, 3.8) is 0 Å². The number of ether oxygens (including phenoxy) is 2. The van der Waals surface area contributed by atoms with E-state index in [2.05, 4.69) is 13.2 Å². The first kappa shape index (κ1) is 12.6. The summed E-state index contributed by atoms with van der Waals surface area (Å²) in [6.07, 6.45) is 0.298. The number of carbonyl (C=O) groups is 1. The Morgan fingerprint density at radius 3 is 2.62 bits per heavy atom. The fourth-order valence-electron chi connectivity index (χ4n) is 1.16. The van der Waals surface area contributed by atoms with E-state index in [4.69, 9.17) is 9.47 Å². The van der Waals surface area contributed by atoms with Gasteiger partial charge in [0.2, 0.25) is 0 Å². The van der Waals surface area contributed by atoms with Crippen LogP contribution in [0.1, 0.15) is 5.56 Å². The third-order valence-corrected chi connectivity index (χ3v) is 2.10. The molecule has 1 aromatic carbocycles. The lowest BCUT2D eigenvalue weighted by atomic mass is 9.97. The molecule has 0 saturated carbocycles. The maximum atomic E-state index is 11.2. The standard InChI is InChI=1S/C11H16BNO3/c1-13-6-7-15-11(14)16-10-4-2-9(8-12)3-5-10/h2-5,13H,6-8,12H2,1H3. The van der Waals surface area contributed by atoms with Crippen molar-refractivity contribution < 1.29 is 14.3 Å². The molecule has 0 unspecified atom stereocenters. The number of hydrogen-bond donors (Lipinski definition) is 1. The van der Waals surface area contributed by atoms with E-state index < -0.39 is 6.16 Å². The van der Waals surface area contributed by atoms with Crippen molar-refractivity contribution in [1.29, 1.82) is 0 Å². The van der Waals surface area contributed by atoms with E-state index in [-0.39, 0.29) is 0 Å². The molecule has 0 aliphatic heterocycles. The predicted octanol–water partition coefficient (Wildman–Crippen LogP) is 0.554. The van der Waals surface area contributed by atoms with Crippen LogP contribution in [0, 0.1) is 0 Å². The van der Waals surface area contributed by atoms with Gasteiger partial charge in [-0.1, -0.05) is 24.0 Å². The normalized spacial score (nSPS) is 9.81. The molecule has 0 atom stereocenters. The molecule has 0 heterocycles. The third-order valence-electron chi connectivity index (χ3n) is 2.10. The molecule has 1 rings (SSSR count). The van der Waals surface area contributed by atoms with Crippen molar-refractivity contribution in [2.45, 2.75) is 6.32 Å². The molecule has 0 aromatic heterocycles. The fourth-order valence-corrected chi connectivity index (χ4v) is 1.16. The van der Waals surface area contributed by atoms with Crippen molar-refractivity contribution in [3.8, 4) is 5.75 Å². The molecule has 1 N–H and O–H groups in total. The van der Waals surface area contributed by atoms with Crippen LogP contribution in [-0.2, 0) is 11.1 Å². The lowest BCUT2D eigenvalue weighted by molar-refractivity contribution is 0.100. The number of benzene rings is 1. The van der Waals surface area contributed by atoms with Gasteiger partial charge in [-0.2, -0.15) is 0 Å². The number of nitrogens with one attached hydrogen (secondary N) is 1. The Labute approximate surface area is 96.3 Å². The maximum absolute atomic E-state index is 11.2. The van der Waals surface area contributed by atoms with E-state index in [1.807, 2.05) is 12.1 Å². The predicted molar refractivity (Wildman–Crippen MR) is 64.6 cm³/mol. The van der Waals surface area contributed by atoms with E-state index in [9.17, 15) is 4.79 Å². The molecule has 0 amide bonds. The minimum atomic E-state index is -0.667. The molecule has 86 valence electrons. The van der Waals surface area contributed by atoms with Crippen LogP contribution in [-0.4, -0.2) is 34.2 Å². The number of likely N-dealkylation sites (N-methyl/N-ethyl adjacent to an activating group) is 1. The first-order valence-corrected chi connectivity index (χ1v) is 5.34. The first-order chi connectivity index (χ1) is 7.76. The highest BCUT2D eigenvalue weighted by atomic mass is 16.7. The van der Waals surface area contributed by atoms with Gasteiger partial charge in [-0.15, -0.1) is 0 Å². The summed E-state index contributed by atoms with van der Waals surface area (Å²) in [6, 6.07) is 7.38. The molecule has 0 aliphatic rings. The second-order valence-electron chi connectivity index (χ2n) is 3.30. The Morgan fingerprint density at radius 1 is 1.38 bits per heavy atom. The summed E-state index contributed by atoms with van der Waals surface area (Å²) in [5.74, 6) is 0.506. The Bertz CT molecular complexity index is 327. The lowest BCUT2D eigenvalue weighted by Gasteiger charge is -2.05. The van der Waals surface area contributed by atoms with E-state index in [0.29, 0.717) is 18.9 Å². The van der Waals surface area contributed by atoms with Gasteiger partial charge in [0.1, 0.15) is 20.2 Å². The van der Waals surface area contributed by atoms with Crippen LogP contribution in [0.3, 0.4) is 0 Å². The molecule has 4 nitrogen and oxygen atoms in total. The number of carbonyl (C=O) groups excluding carboxylic acids is 1. The molecule has 0 aliphatic carbocycles. The molecule has 5 heteroatoms. The van der Waals surface area contributed by atoms with E-state index in [0.717, 1.165) is 6.32 Å². The zero-order valence-electron chi connectivity index (χ0n) is 9.66. The topological polar surface area (TPSA) is 47.6 Å². The summed E-state index contributed by atoms with van der Waals surface area (Å²) >= 11 is 0. The summed E-state index contributed by atoms with van der Waals surface area (Å²) < 4.78 is 9.79. The van der Waals surface area contributed by atoms with Gasteiger partial charge in [0.05, 0.1) is 0 Å². The van der Waals surface area contributed by atoms with Gasteiger partial charge in [0, 0.05) is 6.54 Å². The zero-order valence-corrected chi connectivity index (χ0v) is 9.66. The Kier molecular flexibility index (Phi) is 5.43. The van der Waals surface area contributed by atoms with Crippen molar-refractivity contribution >= 4 is 14.0 Å². The van der Waals surface area contributed by atoms with Crippen LogP contribution in [0.15, 0.2) is 24.3 Å². The zero-order chi connectivity index (χ0) is 11.8. The number of rotatable bonds is 5. The van der Waals surface area contributed by atoms with Crippen molar-refractivity contribution in [2.24, 2.45) is 0 Å². The van der Waals surface area contributed by atoms with Gasteiger partial charge in [-0.05, 0) is 19.2 Å². The molecule has 1 aromatic rings. The average Bonchev–Trinajstić information content (AvgIpc) is 2.30. The minimum Gasteiger partial charge on any atom is -0.433 e. The van der Waals surface area contributed by atoms with Crippen LogP contribution in [0.2, 0.25) is 0 Å². The van der Waals surface area contributed by atoms with Gasteiger partial charge >= 0.3 is 6.16 Å². The van der Waals surface area contributed by atoms with Crippen LogP contribution in [0.25, 0.3) is 0 Å². The third kappa shape index (κ3) is 4.36. The van der Waals surface area contributed by atoms with E-state index in [1.165, 1.54) is 5.56 Å². The van der Waals surface area contributed by atoms with Crippen LogP contribution in [0.4, 0.5) is 4.79 Å². The summed E-state index contributed by atoms with van der Waals surface area (Å²) in [7, 11) is 3.86. The summed E-state index contributed by atoms with van der Waals surface area (Å²) in [5, 5.41) is 2.87. The summed E-state index contributed by atoms with van der Waals surface area (Å²) in [5.41, 5.74) is 1.20. The van der Waals surface area contributed by atoms with Crippen molar-refractivity contribution in [3.05, 3.63) is 29.8 Å². The molecule has 0 radical (unpaired) electrons. The number of hydrogen-bond acceptors (Lipinski definition) is 4. The van der Waals surface area contributed by atoms with Crippen molar-refractivity contribution in [2.75, 3.05) is 20.2 Å². The van der Waals surface area contributed by atoms with Crippen LogP contribution < -0.4 is 10.1 Å². The van der Waals surface area contributed by atoms with Crippen LogP contribution >= 0.6 is 0 Å². The monoisotopic (exact) mass is 221 g/mol. The highest BCUT2D eigenvalue weighted by Gasteiger charge is 2.04. The largest absolute Gasteiger partial charge is 0.513 e. The Morgan fingerprint density at radius 2 is 2.06 bits per heavy atom. The van der Waals surface area contributed by atoms with E-state index in [1.54, 1.807) is 19.2 Å². The highest BCUT2D eigenvalue weighted by molar-refractivity contribution is 6.08. The van der Waals surface area contributed by atoms with Gasteiger partial charge in [-0.25, -0.2) is 4.79 Å². The molecule has 16 heavy (non-hydrogen) atoms. The van der Waals surface area contributed by atoms with Gasteiger partial charge in [-0.3, -0.25) is 0 Å². The second kappa shape index (κ2) is 6.90. The summed E-state index contributed by atoms with van der Waals surface area (Å²) in [4.78, 5) is 11.2. The van der Waals surface area contributed by atoms with Crippen LogP contribution in [0.5, 0.6) is 5.75 Å². The molecule has 0 bridgehead atoms. The average molecular weight is 221 g/mol. The second-order valence-corrected chi connectivity index (χ2v) is 3.30. The SMILES string of the molecule is BCc1ccc(OC(=O)OCCNC)cc1. The quantitative estimate of drug-likeness (QED) is 0.341. The first-order valence-electron chi connectivity index (χ1n) is 5.34. The van der Waals surface area contributed by atoms with Crippen molar-refractivity contribution in [1.82, 2.24) is 5.32 Å². The fraction of sp³-hybridized carbons (Fsp3) is 0.364. The maximum Gasteiger partial charge on any atom is 0.513 e. The van der Waals surface area contributed by atoms with Gasteiger partial charge < -0.3 is 14.8 Å². The molecular formula is C11H16BNO3. The molecular weight excluding hydrogens is 205 g/mol. The molecule has 0 spiro atoms.